The van der Waals surface area contributed by atoms with Crippen LogP contribution in [0.2, 0.25) is 0 Å². The summed E-state index contributed by atoms with van der Waals surface area (Å²) in [6.45, 7) is 0.846. The SMILES string of the molecule is CSc1ccc(NC(=O)N(Cc2ccccn2)CC2CCC(=O)N2)cc1. The van der Waals surface area contributed by atoms with Gasteiger partial charge in [0.2, 0.25) is 5.91 Å². The van der Waals surface area contributed by atoms with Crippen LogP contribution in [0.4, 0.5) is 10.5 Å². The zero-order valence-electron chi connectivity index (χ0n) is 14.6. The molecule has 0 aliphatic carbocycles. The molecule has 1 aliphatic heterocycles. The molecule has 2 N–H and O–H groups in total. The first-order valence-corrected chi connectivity index (χ1v) is 9.76. The molecule has 1 aliphatic rings. The van der Waals surface area contributed by atoms with E-state index in [0.717, 1.165) is 22.7 Å². The van der Waals surface area contributed by atoms with E-state index in [1.807, 2.05) is 48.7 Å². The zero-order chi connectivity index (χ0) is 18.4. The minimum atomic E-state index is -0.200. The van der Waals surface area contributed by atoms with Gasteiger partial charge in [0.25, 0.3) is 0 Å². The number of rotatable bonds is 6. The van der Waals surface area contributed by atoms with Gasteiger partial charge in [-0.3, -0.25) is 9.78 Å². The maximum atomic E-state index is 12.8. The van der Waals surface area contributed by atoms with Gasteiger partial charge in [-0.15, -0.1) is 11.8 Å². The van der Waals surface area contributed by atoms with Crippen LogP contribution in [-0.4, -0.2) is 40.7 Å². The second kappa shape index (κ2) is 8.71. The molecule has 1 saturated heterocycles. The number of nitrogens with one attached hydrogen (secondary N) is 2. The predicted molar refractivity (Wildman–Crippen MR) is 103 cm³/mol. The van der Waals surface area contributed by atoms with Crippen LogP contribution in [0, 0.1) is 0 Å². The van der Waals surface area contributed by atoms with Gasteiger partial charge in [-0.05, 0) is 49.1 Å². The topological polar surface area (TPSA) is 74.3 Å². The van der Waals surface area contributed by atoms with Gasteiger partial charge in [0.05, 0.1) is 12.2 Å². The van der Waals surface area contributed by atoms with Crippen LogP contribution in [0.5, 0.6) is 0 Å². The number of urea groups is 1. The molecule has 136 valence electrons. The highest BCUT2D eigenvalue weighted by Crippen LogP contribution is 2.18. The molecule has 1 aromatic heterocycles. The van der Waals surface area contributed by atoms with E-state index < -0.39 is 0 Å². The second-order valence-electron chi connectivity index (χ2n) is 6.16. The lowest BCUT2D eigenvalue weighted by atomic mass is 10.2. The fourth-order valence-corrected chi connectivity index (χ4v) is 3.27. The Kier molecular flexibility index (Phi) is 6.12. The number of amides is 3. The van der Waals surface area contributed by atoms with Crippen LogP contribution in [0.25, 0.3) is 0 Å². The van der Waals surface area contributed by atoms with Gasteiger partial charge in [0, 0.05) is 35.8 Å². The molecular formula is C19H22N4O2S. The Bertz CT molecular complexity index is 752. The number of carbonyl (C=O) groups excluding carboxylic acids is 2. The molecule has 1 fully saturated rings. The molecule has 1 atom stereocenters. The molecule has 0 radical (unpaired) electrons. The Labute approximate surface area is 157 Å². The van der Waals surface area contributed by atoms with E-state index in [1.54, 1.807) is 22.9 Å². The van der Waals surface area contributed by atoms with Crippen molar-refractivity contribution in [2.75, 3.05) is 18.1 Å². The highest BCUT2D eigenvalue weighted by molar-refractivity contribution is 7.98. The van der Waals surface area contributed by atoms with Crippen molar-refractivity contribution >= 4 is 29.4 Å². The number of anilines is 1. The monoisotopic (exact) mass is 370 g/mol. The van der Waals surface area contributed by atoms with E-state index in [0.29, 0.717) is 19.5 Å². The lowest BCUT2D eigenvalue weighted by molar-refractivity contribution is -0.119. The summed E-state index contributed by atoms with van der Waals surface area (Å²) in [4.78, 5) is 31.4. The number of pyridine rings is 1. The third-order valence-corrected chi connectivity index (χ3v) is 4.98. The van der Waals surface area contributed by atoms with Crippen molar-refractivity contribution in [2.45, 2.75) is 30.3 Å². The van der Waals surface area contributed by atoms with Gasteiger partial charge in [0.15, 0.2) is 0 Å². The maximum Gasteiger partial charge on any atom is 0.322 e. The fraction of sp³-hybridized carbons (Fsp3) is 0.316. The van der Waals surface area contributed by atoms with Crippen molar-refractivity contribution in [3.8, 4) is 0 Å². The third-order valence-electron chi connectivity index (χ3n) is 4.23. The molecule has 0 spiro atoms. The molecule has 0 saturated carbocycles. The number of hydrogen-bond acceptors (Lipinski definition) is 4. The molecule has 3 rings (SSSR count). The predicted octanol–water partition coefficient (Wildman–Crippen LogP) is 3.12. The normalized spacial score (nSPS) is 16.2. The van der Waals surface area contributed by atoms with Gasteiger partial charge >= 0.3 is 6.03 Å². The van der Waals surface area contributed by atoms with E-state index in [9.17, 15) is 9.59 Å². The minimum absolute atomic E-state index is 0.0178. The van der Waals surface area contributed by atoms with Gasteiger partial charge in [-0.25, -0.2) is 4.79 Å². The lowest BCUT2D eigenvalue weighted by Crippen LogP contribution is -2.43. The summed E-state index contributed by atoms with van der Waals surface area (Å²) in [5.41, 5.74) is 1.55. The molecule has 3 amide bonds. The Balaban J connectivity index is 1.69. The second-order valence-corrected chi connectivity index (χ2v) is 7.04. The maximum absolute atomic E-state index is 12.8. The molecular weight excluding hydrogens is 348 g/mol. The first-order valence-electron chi connectivity index (χ1n) is 8.53. The molecule has 1 aromatic carbocycles. The van der Waals surface area contributed by atoms with Gasteiger partial charge in [-0.2, -0.15) is 0 Å². The van der Waals surface area contributed by atoms with Crippen LogP contribution < -0.4 is 10.6 Å². The van der Waals surface area contributed by atoms with Crippen molar-refractivity contribution in [1.29, 1.82) is 0 Å². The number of carbonyl (C=O) groups is 2. The number of aromatic nitrogens is 1. The van der Waals surface area contributed by atoms with Crippen molar-refractivity contribution in [2.24, 2.45) is 0 Å². The fourth-order valence-electron chi connectivity index (χ4n) is 2.86. The van der Waals surface area contributed by atoms with Crippen molar-refractivity contribution in [1.82, 2.24) is 15.2 Å². The Hall–Kier alpha value is -2.54. The highest BCUT2D eigenvalue weighted by Gasteiger charge is 2.25. The average Bonchev–Trinajstić information content (AvgIpc) is 3.07. The summed E-state index contributed by atoms with van der Waals surface area (Å²) in [5, 5.41) is 5.86. The Morgan fingerprint density at radius 1 is 1.31 bits per heavy atom. The highest BCUT2D eigenvalue weighted by atomic mass is 32.2. The zero-order valence-corrected chi connectivity index (χ0v) is 15.5. The Morgan fingerprint density at radius 2 is 2.12 bits per heavy atom. The van der Waals surface area contributed by atoms with Crippen LogP contribution in [-0.2, 0) is 11.3 Å². The van der Waals surface area contributed by atoms with E-state index in [-0.39, 0.29) is 18.0 Å². The van der Waals surface area contributed by atoms with E-state index in [2.05, 4.69) is 15.6 Å². The van der Waals surface area contributed by atoms with Crippen LogP contribution in [0.15, 0.2) is 53.6 Å². The molecule has 7 heteroatoms. The smallest absolute Gasteiger partial charge is 0.322 e. The van der Waals surface area contributed by atoms with Crippen molar-refractivity contribution in [3.05, 3.63) is 54.4 Å². The Morgan fingerprint density at radius 3 is 2.73 bits per heavy atom. The minimum Gasteiger partial charge on any atom is -0.352 e. The van der Waals surface area contributed by atoms with Gasteiger partial charge < -0.3 is 15.5 Å². The first kappa shape index (κ1) is 18.3. The summed E-state index contributed by atoms with van der Waals surface area (Å²) in [6, 6.07) is 13.1. The average molecular weight is 370 g/mol. The molecule has 2 aromatic rings. The van der Waals surface area contributed by atoms with E-state index >= 15 is 0 Å². The largest absolute Gasteiger partial charge is 0.352 e. The molecule has 1 unspecified atom stereocenters. The van der Waals surface area contributed by atoms with Gasteiger partial charge in [0.1, 0.15) is 0 Å². The van der Waals surface area contributed by atoms with Gasteiger partial charge in [-0.1, -0.05) is 6.07 Å². The number of nitrogens with zero attached hydrogens (tertiary/aromatic N) is 2. The van der Waals surface area contributed by atoms with E-state index in [1.165, 1.54) is 0 Å². The van der Waals surface area contributed by atoms with Crippen LogP contribution in [0.1, 0.15) is 18.5 Å². The summed E-state index contributed by atoms with van der Waals surface area (Å²) in [6.07, 6.45) is 4.98. The summed E-state index contributed by atoms with van der Waals surface area (Å²) >= 11 is 1.65. The first-order chi connectivity index (χ1) is 12.6. The molecule has 6 nitrogen and oxygen atoms in total. The van der Waals surface area contributed by atoms with Crippen LogP contribution in [0.3, 0.4) is 0 Å². The van der Waals surface area contributed by atoms with Crippen LogP contribution >= 0.6 is 11.8 Å². The lowest BCUT2D eigenvalue weighted by Gasteiger charge is -2.26. The summed E-state index contributed by atoms with van der Waals surface area (Å²) < 4.78 is 0. The van der Waals surface area contributed by atoms with E-state index in [4.69, 9.17) is 0 Å². The number of hydrogen-bond donors (Lipinski definition) is 2. The molecule has 2 heterocycles. The number of thioether (sulfide) groups is 1. The standard InChI is InChI=1S/C19H22N4O2S/c1-26-17-8-5-14(6-9-17)22-19(25)23(12-15-4-2-3-11-20-15)13-16-7-10-18(24)21-16/h2-6,8-9,11,16H,7,10,12-13H2,1H3,(H,21,24)(H,22,25). The number of benzene rings is 1. The summed E-state index contributed by atoms with van der Waals surface area (Å²) in [5.74, 6) is 0.0425. The summed E-state index contributed by atoms with van der Waals surface area (Å²) in [7, 11) is 0. The van der Waals surface area contributed by atoms with Crippen molar-refractivity contribution < 1.29 is 9.59 Å². The molecule has 26 heavy (non-hydrogen) atoms. The van der Waals surface area contributed by atoms with Crippen molar-refractivity contribution in [3.63, 3.8) is 0 Å². The third kappa shape index (κ3) is 4.98. The molecule has 0 bridgehead atoms. The quantitative estimate of drug-likeness (QED) is 0.766.